The lowest BCUT2D eigenvalue weighted by Crippen LogP contribution is -2.24. The number of rotatable bonds is 4. The van der Waals surface area contributed by atoms with Crippen LogP contribution < -0.4 is 5.11 Å². The number of nitrogens with zero attached hydrogens (tertiary/aromatic N) is 1. The number of carbonyl (C=O) groups excluding carboxylic acids is 1. The molecule has 25 heavy (non-hydrogen) atoms. The van der Waals surface area contributed by atoms with Crippen LogP contribution in [0.2, 0.25) is 0 Å². The van der Waals surface area contributed by atoms with Crippen molar-refractivity contribution in [3.63, 3.8) is 0 Å². The van der Waals surface area contributed by atoms with Crippen molar-refractivity contribution in [1.29, 1.82) is 0 Å². The molecule has 0 saturated heterocycles. The van der Waals surface area contributed by atoms with Gasteiger partial charge in [-0.05, 0) is 48.5 Å². The minimum Gasteiger partial charge on any atom is -0.550 e. The quantitative estimate of drug-likeness (QED) is 0.572. The molecule has 4 rings (SSSR count). The van der Waals surface area contributed by atoms with E-state index in [-0.39, 0.29) is 23.8 Å². The second kappa shape index (κ2) is 5.90. The minimum absolute atomic E-state index is 0.221. The zero-order chi connectivity index (χ0) is 17.4. The molecular weight excluding hydrogens is 325 g/mol. The van der Waals surface area contributed by atoms with Crippen molar-refractivity contribution in [2.75, 3.05) is 0 Å². The van der Waals surface area contributed by atoms with Crippen LogP contribution >= 0.6 is 0 Å². The molecule has 0 aliphatic heterocycles. The maximum Gasteiger partial charge on any atom is 0.227 e. The number of carboxylic acid groups (broad SMARTS) is 1. The second-order valence-corrected chi connectivity index (χ2v) is 5.52. The summed E-state index contributed by atoms with van der Waals surface area (Å²) in [7, 11) is 0. The fourth-order valence-electron chi connectivity index (χ4n) is 2.66. The smallest absolute Gasteiger partial charge is 0.227 e. The molecule has 0 bridgehead atoms. The molecule has 2 aromatic carbocycles. The zero-order valence-electron chi connectivity index (χ0n) is 12.9. The van der Waals surface area contributed by atoms with Crippen molar-refractivity contribution in [3.05, 3.63) is 66.3 Å². The molecule has 0 saturated carbocycles. The van der Waals surface area contributed by atoms with Crippen LogP contribution in [0.25, 0.3) is 33.7 Å². The molecule has 124 valence electrons. The highest BCUT2D eigenvalue weighted by Gasteiger charge is 2.17. The molecule has 0 atom stereocenters. The van der Waals surface area contributed by atoms with E-state index in [0.29, 0.717) is 22.5 Å². The number of hydrogen-bond acceptors (Lipinski definition) is 5. The van der Waals surface area contributed by atoms with Gasteiger partial charge in [0.1, 0.15) is 11.4 Å². The van der Waals surface area contributed by atoms with Gasteiger partial charge >= 0.3 is 0 Å². The van der Waals surface area contributed by atoms with Crippen LogP contribution in [-0.2, 0) is 11.2 Å². The van der Waals surface area contributed by atoms with Crippen molar-refractivity contribution in [2.24, 2.45) is 0 Å². The fraction of sp³-hybridized carbons (Fsp3) is 0.0526. The summed E-state index contributed by atoms with van der Waals surface area (Å²) in [6.07, 6.45) is 1.18. The van der Waals surface area contributed by atoms with Gasteiger partial charge in [-0.15, -0.1) is 0 Å². The Hall–Kier alpha value is -3.41. The largest absolute Gasteiger partial charge is 0.550 e. The Morgan fingerprint density at radius 1 is 1.08 bits per heavy atom. The van der Waals surface area contributed by atoms with Crippen molar-refractivity contribution in [3.8, 4) is 22.8 Å². The highest BCUT2D eigenvalue weighted by Crippen LogP contribution is 2.32. The Balaban J connectivity index is 1.84. The number of fused-ring (bicyclic) bond motifs is 1. The van der Waals surface area contributed by atoms with Crippen LogP contribution in [0.3, 0.4) is 0 Å². The van der Waals surface area contributed by atoms with Crippen LogP contribution in [-0.4, -0.2) is 11.0 Å². The van der Waals surface area contributed by atoms with Crippen molar-refractivity contribution >= 4 is 16.9 Å². The molecule has 0 aliphatic rings. The molecule has 6 heteroatoms. The third kappa shape index (κ3) is 2.89. The highest BCUT2D eigenvalue weighted by atomic mass is 19.1. The van der Waals surface area contributed by atoms with E-state index >= 15 is 0 Å². The maximum absolute atomic E-state index is 13.1. The Bertz CT molecular complexity index is 1060. The van der Waals surface area contributed by atoms with Gasteiger partial charge in [-0.1, -0.05) is 0 Å². The van der Waals surface area contributed by atoms with E-state index in [0.717, 1.165) is 5.39 Å². The molecular formula is C19H11FNO4-. The number of hydrogen-bond donors (Lipinski definition) is 0. The van der Waals surface area contributed by atoms with Gasteiger partial charge in [0, 0.05) is 28.9 Å². The number of oxazole rings is 1. The van der Waals surface area contributed by atoms with E-state index < -0.39 is 5.97 Å². The first-order valence-electron chi connectivity index (χ1n) is 7.53. The van der Waals surface area contributed by atoms with Gasteiger partial charge in [0.25, 0.3) is 0 Å². The normalized spacial score (nSPS) is 11.1. The summed E-state index contributed by atoms with van der Waals surface area (Å²) in [5.41, 5.74) is 2.19. The molecule has 2 aromatic heterocycles. The molecule has 0 radical (unpaired) electrons. The molecule has 2 heterocycles. The van der Waals surface area contributed by atoms with Gasteiger partial charge in [-0.2, -0.15) is 0 Å². The van der Waals surface area contributed by atoms with Gasteiger partial charge in [0.15, 0.2) is 5.76 Å². The summed E-state index contributed by atoms with van der Waals surface area (Å²) in [5.74, 6) is -1.08. The molecule has 0 spiro atoms. The van der Waals surface area contributed by atoms with E-state index in [9.17, 15) is 14.3 Å². The lowest BCUT2D eigenvalue weighted by Gasteiger charge is -2.02. The first-order valence-corrected chi connectivity index (χ1v) is 7.53. The minimum atomic E-state index is -1.26. The Kier molecular flexibility index (Phi) is 3.57. The standard InChI is InChI=1S/C19H12FNO4/c20-14-4-1-11(2-5-14)19-21-15(10-17(22)23)18(25-19)13-3-6-16-12(9-13)7-8-24-16/h1-9H,10H2,(H,22,23)/p-1. The van der Waals surface area contributed by atoms with Crippen molar-refractivity contribution in [2.45, 2.75) is 6.42 Å². The average molecular weight is 336 g/mol. The van der Waals surface area contributed by atoms with Gasteiger partial charge < -0.3 is 18.7 Å². The van der Waals surface area contributed by atoms with Crippen LogP contribution in [0.1, 0.15) is 5.69 Å². The Morgan fingerprint density at radius 2 is 1.84 bits per heavy atom. The van der Waals surface area contributed by atoms with E-state index in [1.54, 1.807) is 24.5 Å². The summed E-state index contributed by atoms with van der Waals surface area (Å²) in [6, 6.07) is 12.8. The molecule has 0 N–H and O–H groups in total. The topological polar surface area (TPSA) is 79.3 Å². The summed E-state index contributed by atoms with van der Waals surface area (Å²) in [4.78, 5) is 15.3. The monoisotopic (exact) mass is 336 g/mol. The van der Waals surface area contributed by atoms with Crippen LogP contribution in [0.4, 0.5) is 4.39 Å². The second-order valence-electron chi connectivity index (χ2n) is 5.52. The predicted molar refractivity (Wildman–Crippen MR) is 85.8 cm³/mol. The Morgan fingerprint density at radius 3 is 2.60 bits per heavy atom. The molecule has 0 unspecified atom stereocenters. The average Bonchev–Trinajstić information content (AvgIpc) is 3.21. The van der Waals surface area contributed by atoms with Crippen LogP contribution in [0.5, 0.6) is 0 Å². The van der Waals surface area contributed by atoms with Gasteiger partial charge in [-0.3, -0.25) is 0 Å². The van der Waals surface area contributed by atoms with E-state index in [1.165, 1.54) is 24.3 Å². The van der Waals surface area contributed by atoms with E-state index in [2.05, 4.69) is 4.98 Å². The SMILES string of the molecule is O=C([O-])Cc1nc(-c2ccc(F)cc2)oc1-c1ccc2occc2c1. The van der Waals surface area contributed by atoms with Gasteiger partial charge in [0.05, 0.1) is 12.0 Å². The van der Waals surface area contributed by atoms with Crippen molar-refractivity contribution in [1.82, 2.24) is 4.98 Å². The number of benzene rings is 2. The van der Waals surface area contributed by atoms with E-state index in [4.69, 9.17) is 8.83 Å². The zero-order valence-corrected chi connectivity index (χ0v) is 12.9. The fourth-order valence-corrected chi connectivity index (χ4v) is 2.66. The van der Waals surface area contributed by atoms with Gasteiger partial charge in [0.2, 0.25) is 5.89 Å². The molecule has 0 fully saturated rings. The summed E-state index contributed by atoms with van der Waals surface area (Å²) in [6.45, 7) is 0. The first-order chi connectivity index (χ1) is 12.1. The summed E-state index contributed by atoms with van der Waals surface area (Å²) < 4.78 is 24.2. The number of aliphatic carboxylic acids is 1. The van der Waals surface area contributed by atoms with Crippen molar-refractivity contribution < 1.29 is 23.1 Å². The molecule has 0 amide bonds. The third-order valence-corrected chi connectivity index (χ3v) is 3.81. The first kappa shape index (κ1) is 15.1. The maximum atomic E-state index is 13.1. The lowest BCUT2D eigenvalue weighted by molar-refractivity contribution is -0.304. The van der Waals surface area contributed by atoms with Gasteiger partial charge in [-0.25, -0.2) is 9.37 Å². The van der Waals surface area contributed by atoms with E-state index in [1.807, 2.05) is 6.07 Å². The predicted octanol–water partition coefficient (Wildman–Crippen LogP) is 3.19. The number of aromatic nitrogens is 1. The number of furan rings is 1. The molecule has 0 aliphatic carbocycles. The Labute approximate surface area is 141 Å². The third-order valence-electron chi connectivity index (χ3n) is 3.81. The highest BCUT2D eigenvalue weighted by molar-refractivity contribution is 5.83. The molecule has 5 nitrogen and oxygen atoms in total. The number of halogens is 1. The summed E-state index contributed by atoms with van der Waals surface area (Å²) >= 11 is 0. The number of carbonyl (C=O) groups is 1. The summed E-state index contributed by atoms with van der Waals surface area (Å²) in [5, 5.41) is 11.9. The lowest BCUT2D eigenvalue weighted by atomic mass is 10.1. The molecule has 4 aromatic rings. The van der Waals surface area contributed by atoms with Crippen LogP contribution in [0.15, 0.2) is 63.6 Å². The van der Waals surface area contributed by atoms with Crippen LogP contribution in [0, 0.1) is 5.82 Å². The number of carboxylic acids is 1.